The van der Waals surface area contributed by atoms with E-state index in [4.69, 9.17) is 10.4 Å². The summed E-state index contributed by atoms with van der Waals surface area (Å²) in [6.07, 6.45) is 0. The topological polar surface area (TPSA) is 90.6 Å². The van der Waals surface area contributed by atoms with E-state index >= 15 is 0 Å². The van der Waals surface area contributed by atoms with E-state index in [1.807, 2.05) is 0 Å². The molecule has 1 aromatic rings. The maximum Gasteiger partial charge on any atom is 0.339 e. The van der Waals surface area contributed by atoms with Gasteiger partial charge in [0, 0.05) is 5.56 Å². The van der Waals surface area contributed by atoms with Crippen LogP contribution in [0.15, 0.2) is 12.1 Å². The lowest BCUT2D eigenvalue weighted by Crippen LogP contribution is -2.05. The van der Waals surface area contributed by atoms with Crippen LogP contribution in [0.2, 0.25) is 0 Å². The number of nitrogens with zero attached hydrogens (tertiary/aromatic N) is 1. The van der Waals surface area contributed by atoms with Crippen molar-refractivity contribution in [1.29, 1.82) is 5.26 Å². The average Bonchev–Trinajstić information content (AvgIpc) is 2.27. The third kappa shape index (κ3) is 1.90. The summed E-state index contributed by atoms with van der Waals surface area (Å²) >= 11 is 0. The minimum atomic E-state index is -0.702. The Kier molecular flexibility index (Phi) is 3.26. The molecule has 0 heterocycles. The Bertz CT molecular complexity index is 434. The van der Waals surface area contributed by atoms with Crippen molar-refractivity contribution in [2.45, 2.75) is 6.61 Å². The predicted molar refractivity (Wildman–Crippen MR) is 50.1 cm³/mol. The number of methoxy groups -OCH3 is 1. The lowest BCUT2D eigenvalue weighted by Gasteiger charge is -2.06. The number of hydrogen-bond donors (Lipinski definition) is 2. The molecular weight excluding hydrogens is 198 g/mol. The Labute approximate surface area is 86.1 Å². The zero-order valence-electron chi connectivity index (χ0n) is 8.02. The van der Waals surface area contributed by atoms with Crippen LogP contribution in [0.5, 0.6) is 5.75 Å². The number of carbonyl (C=O) groups is 1. The number of aliphatic hydroxyl groups is 1. The maximum absolute atomic E-state index is 11.2. The lowest BCUT2D eigenvalue weighted by molar-refractivity contribution is 0.0599. The summed E-state index contributed by atoms with van der Waals surface area (Å²) in [5, 5.41) is 27.1. The highest BCUT2D eigenvalue weighted by molar-refractivity contribution is 5.93. The van der Waals surface area contributed by atoms with E-state index in [0.717, 1.165) is 0 Å². The van der Waals surface area contributed by atoms with E-state index in [1.165, 1.54) is 19.2 Å². The van der Waals surface area contributed by atoms with E-state index in [9.17, 15) is 9.90 Å². The van der Waals surface area contributed by atoms with Crippen LogP contribution >= 0.6 is 0 Å². The van der Waals surface area contributed by atoms with Crippen molar-refractivity contribution < 1.29 is 19.7 Å². The van der Waals surface area contributed by atoms with Crippen LogP contribution in [-0.4, -0.2) is 23.3 Å². The average molecular weight is 207 g/mol. The number of hydrogen-bond acceptors (Lipinski definition) is 5. The lowest BCUT2D eigenvalue weighted by atomic mass is 10.0. The molecule has 1 rings (SSSR count). The third-order valence-electron chi connectivity index (χ3n) is 1.95. The summed E-state index contributed by atoms with van der Waals surface area (Å²) < 4.78 is 4.44. The van der Waals surface area contributed by atoms with Crippen LogP contribution in [0, 0.1) is 11.3 Å². The Morgan fingerprint density at radius 3 is 2.73 bits per heavy atom. The summed E-state index contributed by atoms with van der Waals surface area (Å²) in [4.78, 5) is 11.2. The van der Waals surface area contributed by atoms with E-state index < -0.39 is 12.6 Å². The number of phenols is 1. The molecular formula is C10H9NO4. The third-order valence-corrected chi connectivity index (χ3v) is 1.95. The number of ether oxygens (including phenoxy) is 1. The molecule has 0 saturated carbocycles. The number of esters is 1. The molecule has 0 atom stereocenters. The molecule has 0 aliphatic heterocycles. The molecule has 0 bridgehead atoms. The smallest absolute Gasteiger partial charge is 0.339 e. The highest BCUT2D eigenvalue weighted by Gasteiger charge is 2.17. The van der Waals surface area contributed by atoms with Gasteiger partial charge in [0.1, 0.15) is 17.4 Å². The van der Waals surface area contributed by atoms with Crippen molar-refractivity contribution in [3.8, 4) is 11.8 Å². The van der Waals surface area contributed by atoms with Crippen molar-refractivity contribution in [1.82, 2.24) is 0 Å². The van der Waals surface area contributed by atoms with Gasteiger partial charge in [0.2, 0.25) is 0 Å². The molecule has 0 aliphatic carbocycles. The molecule has 78 valence electrons. The molecule has 0 aromatic heterocycles. The number of aromatic hydroxyl groups is 1. The van der Waals surface area contributed by atoms with E-state index in [0.29, 0.717) is 0 Å². The van der Waals surface area contributed by atoms with Gasteiger partial charge in [0.05, 0.1) is 19.3 Å². The van der Waals surface area contributed by atoms with Gasteiger partial charge in [-0.15, -0.1) is 0 Å². The minimum absolute atomic E-state index is 0.0188. The number of carbonyl (C=O) groups excluding carboxylic acids is 1. The Hall–Kier alpha value is -2.06. The van der Waals surface area contributed by atoms with Gasteiger partial charge >= 0.3 is 5.97 Å². The van der Waals surface area contributed by atoms with Gasteiger partial charge < -0.3 is 14.9 Å². The summed E-state index contributed by atoms with van der Waals surface area (Å²) in [5.41, 5.74) is -0.0118. The van der Waals surface area contributed by atoms with Gasteiger partial charge in [0.25, 0.3) is 0 Å². The van der Waals surface area contributed by atoms with Crippen molar-refractivity contribution in [2.24, 2.45) is 0 Å². The monoisotopic (exact) mass is 207 g/mol. The van der Waals surface area contributed by atoms with Crippen molar-refractivity contribution >= 4 is 5.97 Å². The molecule has 1 aromatic carbocycles. The fourth-order valence-corrected chi connectivity index (χ4v) is 1.16. The van der Waals surface area contributed by atoms with E-state index in [1.54, 1.807) is 6.07 Å². The van der Waals surface area contributed by atoms with Crippen LogP contribution in [-0.2, 0) is 11.3 Å². The Morgan fingerprint density at radius 1 is 1.60 bits per heavy atom. The summed E-state index contributed by atoms with van der Waals surface area (Å²) in [7, 11) is 1.18. The Morgan fingerprint density at radius 2 is 2.27 bits per heavy atom. The first-order valence-corrected chi connectivity index (χ1v) is 4.09. The fourth-order valence-electron chi connectivity index (χ4n) is 1.16. The molecule has 0 radical (unpaired) electrons. The van der Waals surface area contributed by atoms with Crippen LogP contribution < -0.4 is 0 Å². The largest absolute Gasteiger partial charge is 0.506 e. The van der Waals surface area contributed by atoms with Crippen molar-refractivity contribution in [3.05, 3.63) is 28.8 Å². The van der Waals surface area contributed by atoms with Gasteiger partial charge in [-0.1, -0.05) is 6.07 Å². The SMILES string of the molecule is COC(=O)c1ccc(CO)c(O)c1C#N. The van der Waals surface area contributed by atoms with E-state index in [2.05, 4.69) is 4.74 Å². The van der Waals surface area contributed by atoms with Crippen LogP contribution in [0.1, 0.15) is 21.5 Å². The minimum Gasteiger partial charge on any atom is -0.506 e. The number of benzene rings is 1. The molecule has 0 unspecified atom stereocenters. The van der Waals surface area contributed by atoms with Gasteiger partial charge in [-0.05, 0) is 6.07 Å². The van der Waals surface area contributed by atoms with Crippen LogP contribution in [0.3, 0.4) is 0 Å². The molecule has 0 saturated heterocycles. The molecule has 0 aliphatic rings. The molecule has 15 heavy (non-hydrogen) atoms. The second-order valence-electron chi connectivity index (χ2n) is 2.76. The summed E-state index contributed by atoms with van der Waals surface area (Å²) in [6.45, 7) is -0.401. The van der Waals surface area contributed by atoms with Gasteiger partial charge in [0.15, 0.2) is 0 Å². The van der Waals surface area contributed by atoms with Crippen LogP contribution in [0.4, 0.5) is 0 Å². The first-order chi connectivity index (χ1) is 7.15. The van der Waals surface area contributed by atoms with Gasteiger partial charge in [-0.2, -0.15) is 5.26 Å². The molecule has 2 N–H and O–H groups in total. The molecule has 0 fully saturated rings. The highest BCUT2D eigenvalue weighted by Crippen LogP contribution is 2.25. The van der Waals surface area contributed by atoms with Crippen LogP contribution in [0.25, 0.3) is 0 Å². The second kappa shape index (κ2) is 4.44. The normalized spacial score (nSPS) is 9.40. The first-order valence-electron chi connectivity index (χ1n) is 4.09. The summed E-state index contributed by atoms with van der Waals surface area (Å²) in [6, 6.07) is 4.38. The zero-order chi connectivity index (χ0) is 11.4. The van der Waals surface area contributed by atoms with Gasteiger partial charge in [-0.25, -0.2) is 4.79 Å². The standard InChI is InChI=1S/C10H9NO4/c1-15-10(14)7-3-2-6(5-12)9(13)8(7)4-11/h2-3,12-13H,5H2,1H3. The molecule has 0 amide bonds. The molecule has 5 nitrogen and oxygen atoms in total. The quantitative estimate of drug-likeness (QED) is 0.691. The van der Waals surface area contributed by atoms with E-state index in [-0.39, 0.29) is 22.4 Å². The van der Waals surface area contributed by atoms with Gasteiger partial charge in [-0.3, -0.25) is 0 Å². The maximum atomic E-state index is 11.2. The number of aliphatic hydroxyl groups excluding tert-OH is 1. The number of nitriles is 1. The fraction of sp³-hybridized carbons (Fsp3) is 0.200. The predicted octanol–water partition coefficient (Wildman–Crippen LogP) is 0.543. The number of rotatable bonds is 2. The second-order valence-corrected chi connectivity index (χ2v) is 2.76. The zero-order valence-corrected chi connectivity index (χ0v) is 8.02. The highest BCUT2D eigenvalue weighted by atomic mass is 16.5. The first kappa shape index (κ1) is 11.0. The molecule has 5 heteroatoms. The summed E-state index contributed by atoms with van der Waals surface area (Å²) in [5.74, 6) is -1.09. The van der Waals surface area contributed by atoms with Crippen molar-refractivity contribution in [2.75, 3.05) is 7.11 Å². The molecule has 0 spiro atoms. The Balaban J connectivity index is 3.39. The van der Waals surface area contributed by atoms with Crippen molar-refractivity contribution in [3.63, 3.8) is 0 Å².